The first kappa shape index (κ1) is 13.0. The van der Waals surface area contributed by atoms with Gasteiger partial charge in [-0.3, -0.25) is 9.98 Å². The van der Waals surface area contributed by atoms with Crippen molar-refractivity contribution in [2.75, 3.05) is 0 Å². The summed E-state index contributed by atoms with van der Waals surface area (Å²) in [6.07, 6.45) is 5.35. The lowest BCUT2D eigenvalue weighted by atomic mass is 10.2. The van der Waals surface area contributed by atoms with Gasteiger partial charge in [-0.1, -0.05) is 0 Å². The molecule has 0 atom stereocenters. The van der Waals surface area contributed by atoms with Gasteiger partial charge in [0, 0.05) is 35.1 Å². The van der Waals surface area contributed by atoms with E-state index in [1.807, 2.05) is 26.2 Å². The van der Waals surface area contributed by atoms with Gasteiger partial charge in [-0.25, -0.2) is 4.98 Å². The van der Waals surface area contributed by atoms with E-state index in [2.05, 4.69) is 32.7 Å². The van der Waals surface area contributed by atoms with Gasteiger partial charge in [0.1, 0.15) is 11.5 Å². The average molecular weight is 255 g/mol. The minimum atomic E-state index is 0.474. The highest BCUT2D eigenvalue weighted by Gasteiger charge is 2.04. The molecule has 19 heavy (non-hydrogen) atoms. The van der Waals surface area contributed by atoms with Crippen molar-refractivity contribution in [3.8, 4) is 0 Å². The molecule has 0 saturated heterocycles. The lowest BCUT2D eigenvalue weighted by Crippen LogP contribution is -2.13. The van der Waals surface area contributed by atoms with Gasteiger partial charge in [0.25, 0.3) is 0 Å². The van der Waals surface area contributed by atoms with Gasteiger partial charge >= 0.3 is 0 Å². The van der Waals surface area contributed by atoms with Crippen LogP contribution in [0.3, 0.4) is 0 Å². The maximum absolute atomic E-state index is 5.86. The summed E-state index contributed by atoms with van der Waals surface area (Å²) in [5.74, 6) is 0.474. The standard InChI is InChI=1S/C14H17N5/c1-9-4-12-11(8-19-14(12)18-5-9)7-17-13(15)10(2)6-16-3/h4-6,8H,3,7H2,1-2H3,(H2,15,17)(H,18,19)/b10-6-. The number of pyridine rings is 1. The largest absolute Gasteiger partial charge is 0.384 e. The van der Waals surface area contributed by atoms with E-state index in [9.17, 15) is 0 Å². The SMILES string of the molecule is C=N/C=C(/C)C(N)=NCc1c[nH]c2ncc(C)cc12. The van der Waals surface area contributed by atoms with Crippen LogP contribution in [0.25, 0.3) is 11.0 Å². The van der Waals surface area contributed by atoms with Crippen LogP contribution >= 0.6 is 0 Å². The Balaban J connectivity index is 2.27. The minimum absolute atomic E-state index is 0.474. The van der Waals surface area contributed by atoms with Gasteiger partial charge in [-0.15, -0.1) is 0 Å². The summed E-state index contributed by atoms with van der Waals surface area (Å²) in [4.78, 5) is 15.5. The number of aryl methyl sites for hydroxylation is 1. The molecule has 0 aliphatic rings. The fourth-order valence-electron chi connectivity index (χ4n) is 1.79. The number of hydrogen-bond acceptors (Lipinski definition) is 3. The number of nitrogens with zero attached hydrogens (tertiary/aromatic N) is 3. The van der Waals surface area contributed by atoms with Crippen molar-refractivity contribution in [1.29, 1.82) is 0 Å². The van der Waals surface area contributed by atoms with Crippen LogP contribution in [0.5, 0.6) is 0 Å². The van der Waals surface area contributed by atoms with Crippen molar-refractivity contribution in [3.05, 3.63) is 41.4 Å². The summed E-state index contributed by atoms with van der Waals surface area (Å²) >= 11 is 0. The van der Waals surface area contributed by atoms with Crippen LogP contribution in [0.4, 0.5) is 0 Å². The Hall–Kier alpha value is -2.43. The summed E-state index contributed by atoms with van der Waals surface area (Å²) in [5, 5.41) is 1.08. The smallest absolute Gasteiger partial charge is 0.137 e. The van der Waals surface area contributed by atoms with Gasteiger partial charge in [-0.05, 0) is 32.2 Å². The molecule has 0 unspecified atom stereocenters. The van der Waals surface area contributed by atoms with Crippen LogP contribution in [0, 0.1) is 6.92 Å². The third-order valence-corrected chi connectivity index (χ3v) is 2.86. The molecule has 3 N–H and O–H groups in total. The number of hydrogen-bond donors (Lipinski definition) is 2. The van der Waals surface area contributed by atoms with Crippen molar-refractivity contribution in [1.82, 2.24) is 9.97 Å². The Morgan fingerprint density at radius 3 is 3.11 bits per heavy atom. The van der Waals surface area contributed by atoms with E-state index < -0.39 is 0 Å². The first-order chi connectivity index (χ1) is 9.11. The Bertz CT molecular complexity index is 664. The highest BCUT2D eigenvalue weighted by Crippen LogP contribution is 2.18. The first-order valence-electron chi connectivity index (χ1n) is 5.97. The summed E-state index contributed by atoms with van der Waals surface area (Å²) in [7, 11) is 0. The van der Waals surface area contributed by atoms with E-state index in [1.54, 1.807) is 6.20 Å². The molecule has 0 radical (unpaired) electrons. The molecule has 0 fully saturated rings. The van der Waals surface area contributed by atoms with Crippen molar-refractivity contribution in [3.63, 3.8) is 0 Å². The molecule has 2 aromatic rings. The van der Waals surface area contributed by atoms with Crippen LogP contribution in [-0.4, -0.2) is 22.5 Å². The van der Waals surface area contributed by atoms with Crippen molar-refractivity contribution in [2.45, 2.75) is 20.4 Å². The Morgan fingerprint density at radius 1 is 1.58 bits per heavy atom. The van der Waals surface area contributed by atoms with E-state index in [0.29, 0.717) is 12.4 Å². The molecule has 2 rings (SSSR count). The van der Waals surface area contributed by atoms with E-state index in [4.69, 9.17) is 5.73 Å². The van der Waals surface area contributed by atoms with Crippen LogP contribution in [0.15, 0.2) is 40.2 Å². The molecular formula is C14H17N5. The first-order valence-corrected chi connectivity index (χ1v) is 5.97. The molecule has 5 heteroatoms. The fourth-order valence-corrected chi connectivity index (χ4v) is 1.79. The van der Waals surface area contributed by atoms with Gasteiger partial charge < -0.3 is 10.7 Å². The highest BCUT2D eigenvalue weighted by atomic mass is 14.9. The van der Waals surface area contributed by atoms with Crippen LogP contribution in [0.1, 0.15) is 18.1 Å². The summed E-state index contributed by atoms with van der Waals surface area (Å²) < 4.78 is 0. The second-order valence-corrected chi connectivity index (χ2v) is 4.42. The quantitative estimate of drug-likeness (QED) is 0.649. The molecule has 2 heterocycles. The molecule has 0 saturated carbocycles. The predicted octanol–water partition coefficient (Wildman–Crippen LogP) is 2.33. The molecule has 5 nitrogen and oxygen atoms in total. The summed E-state index contributed by atoms with van der Waals surface area (Å²) in [6, 6.07) is 2.09. The van der Waals surface area contributed by atoms with Crippen LogP contribution in [-0.2, 0) is 6.54 Å². The predicted molar refractivity (Wildman–Crippen MR) is 79.5 cm³/mol. The molecule has 0 aromatic carbocycles. The topological polar surface area (TPSA) is 79.4 Å². The number of fused-ring (bicyclic) bond motifs is 1. The van der Waals surface area contributed by atoms with Crippen LogP contribution in [0.2, 0.25) is 0 Å². The molecule has 0 aliphatic carbocycles. The van der Waals surface area contributed by atoms with E-state index in [0.717, 1.165) is 27.7 Å². The molecular weight excluding hydrogens is 238 g/mol. The normalized spacial score (nSPS) is 12.9. The number of aromatic nitrogens is 2. The van der Waals surface area contributed by atoms with Crippen molar-refractivity contribution in [2.24, 2.45) is 15.7 Å². The molecule has 0 amide bonds. The lowest BCUT2D eigenvalue weighted by molar-refractivity contribution is 1.07. The minimum Gasteiger partial charge on any atom is -0.384 e. The molecule has 0 aliphatic heterocycles. The number of nitrogens with two attached hydrogens (primary N) is 1. The highest BCUT2D eigenvalue weighted by molar-refractivity contribution is 5.96. The second kappa shape index (κ2) is 5.48. The van der Waals surface area contributed by atoms with Gasteiger partial charge in [0.2, 0.25) is 0 Å². The van der Waals surface area contributed by atoms with Crippen molar-refractivity contribution >= 4 is 23.6 Å². The lowest BCUT2D eigenvalue weighted by Gasteiger charge is -2.00. The maximum atomic E-state index is 5.86. The van der Waals surface area contributed by atoms with Crippen LogP contribution < -0.4 is 5.73 Å². The maximum Gasteiger partial charge on any atom is 0.137 e. The Kier molecular flexibility index (Phi) is 3.75. The number of nitrogens with one attached hydrogen (secondary N) is 1. The second-order valence-electron chi connectivity index (χ2n) is 4.42. The number of aromatic amines is 1. The monoisotopic (exact) mass is 255 g/mol. The Morgan fingerprint density at radius 2 is 2.37 bits per heavy atom. The summed E-state index contributed by atoms with van der Waals surface area (Å²) in [6.45, 7) is 7.78. The zero-order valence-corrected chi connectivity index (χ0v) is 11.1. The van der Waals surface area contributed by atoms with E-state index in [-0.39, 0.29) is 0 Å². The molecule has 0 bridgehead atoms. The van der Waals surface area contributed by atoms with Gasteiger partial charge in [-0.2, -0.15) is 0 Å². The number of amidine groups is 1. The number of H-pyrrole nitrogens is 1. The van der Waals surface area contributed by atoms with Gasteiger partial charge in [0.15, 0.2) is 0 Å². The molecule has 98 valence electrons. The Labute approximate surface area is 112 Å². The number of aliphatic imine (C=N–C) groups is 2. The zero-order chi connectivity index (χ0) is 13.8. The number of rotatable bonds is 4. The van der Waals surface area contributed by atoms with Crippen molar-refractivity contribution < 1.29 is 0 Å². The zero-order valence-electron chi connectivity index (χ0n) is 11.1. The fraction of sp³-hybridized carbons (Fsp3) is 0.214. The molecule has 0 spiro atoms. The third-order valence-electron chi connectivity index (χ3n) is 2.86. The van der Waals surface area contributed by atoms with E-state index >= 15 is 0 Å². The summed E-state index contributed by atoms with van der Waals surface area (Å²) in [5.41, 5.74) is 9.74. The average Bonchev–Trinajstić information content (AvgIpc) is 2.78. The third kappa shape index (κ3) is 2.88. The van der Waals surface area contributed by atoms with E-state index in [1.165, 1.54) is 0 Å². The van der Waals surface area contributed by atoms with Gasteiger partial charge in [0.05, 0.1) is 6.54 Å². The molecule has 2 aromatic heterocycles.